The Balaban J connectivity index is 2.08. The normalized spacial score (nSPS) is 11.0. The minimum absolute atomic E-state index is 0.260. The average Bonchev–Trinajstić information content (AvgIpc) is 2.46. The minimum Gasteiger partial charge on any atom is -0.495 e. The Hall–Kier alpha value is -2.34. The molecule has 2 N–H and O–H groups in total. The molecular formula is C16H19ClN4O2. The van der Waals surface area contributed by atoms with E-state index in [4.69, 9.17) is 16.3 Å². The van der Waals surface area contributed by atoms with Crippen molar-refractivity contribution in [2.75, 3.05) is 12.4 Å². The molecule has 2 rings (SSSR count). The van der Waals surface area contributed by atoms with Crippen molar-refractivity contribution in [2.45, 2.75) is 26.3 Å². The maximum Gasteiger partial charge on any atom is 0.272 e. The van der Waals surface area contributed by atoms with E-state index in [0.29, 0.717) is 16.6 Å². The molecule has 7 heteroatoms. The Morgan fingerprint density at radius 3 is 2.43 bits per heavy atom. The first-order valence-corrected chi connectivity index (χ1v) is 7.43. The molecule has 0 unspecified atom stereocenters. The van der Waals surface area contributed by atoms with Gasteiger partial charge in [0, 0.05) is 11.2 Å². The van der Waals surface area contributed by atoms with Crippen molar-refractivity contribution in [1.29, 1.82) is 0 Å². The highest BCUT2D eigenvalue weighted by Gasteiger charge is 2.16. The molecule has 0 aliphatic carbocycles. The highest BCUT2D eigenvalue weighted by Crippen LogP contribution is 2.28. The molecule has 0 spiro atoms. The summed E-state index contributed by atoms with van der Waals surface area (Å²) >= 11 is 6.07. The predicted molar refractivity (Wildman–Crippen MR) is 90.5 cm³/mol. The summed E-state index contributed by atoms with van der Waals surface area (Å²) in [5.74, 6) is 0.847. The van der Waals surface area contributed by atoms with Crippen LogP contribution in [-0.2, 0) is 0 Å². The van der Waals surface area contributed by atoms with Gasteiger partial charge in [0.25, 0.3) is 5.91 Å². The Labute approximate surface area is 140 Å². The second kappa shape index (κ2) is 6.83. The van der Waals surface area contributed by atoms with Crippen LogP contribution >= 0.6 is 11.6 Å². The van der Waals surface area contributed by atoms with Gasteiger partial charge in [0.1, 0.15) is 5.75 Å². The molecule has 6 nitrogen and oxygen atoms in total. The van der Waals surface area contributed by atoms with Crippen molar-refractivity contribution < 1.29 is 9.53 Å². The van der Waals surface area contributed by atoms with Crippen molar-refractivity contribution in [3.8, 4) is 5.75 Å². The fraction of sp³-hybridized carbons (Fsp3) is 0.312. The third-order valence-electron chi connectivity index (χ3n) is 2.81. The third-order valence-corrected chi connectivity index (χ3v) is 3.11. The summed E-state index contributed by atoms with van der Waals surface area (Å²) in [5, 5.41) is 14.3. The number of amides is 1. The van der Waals surface area contributed by atoms with E-state index in [0.717, 1.165) is 5.69 Å². The highest BCUT2D eigenvalue weighted by atomic mass is 35.5. The zero-order valence-corrected chi connectivity index (χ0v) is 14.2. The Morgan fingerprint density at radius 1 is 1.17 bits per heavy atom. The standard InChI is InChI=1S/C16H19ClN4O2/c1-16(2,3)19-15(22)12-6-8-14(21-20-12)18-10-5-7-13(23-4)11(17)9-10/h5-9H,1-4H3,(H,18,21)(H,19,22). The molecule has 0 aliphatic rings. The van der Waals surface area contributed by atoms with Gasteiger partial charge in [-0.25, -0.2) is 0 Å². The van der Waals surface area contributed by atoms with Crippen LogP contribution in [0.1, 0.15) is 31.3 Å². The molecule has 0 fully saturated rings. The second-order valence-electron chi connectivity index (χ2n) is 5.98. The number of methoxy groups -OCH3 is 1. The zero-order valence-electron chi connectivity index (χ0n) is 13.5. The number of nitrogens with one attached hydrogen (secondary N) is 2. The van der Waals surface area contributed by atoms with Gasteiger partial charge >= 0.3 is 0 Å². The van der Waals surface area contributed by atoms with Crippen molar-refractivity contribution in [3.63, 3.8) is 0 Å². The number of carbonyl (C=O) groups excluding carboxylic acids is 1. The van der Waals surface area contributed by atoms with E-state index in [1.807, 2.05) is 26.8 Å². The molecule has 23 heavy (non-hydrogen) atoms. The first kappa shape index (κ1) is 17.0. The van der Waals surface area contributed by atoms with Gasteiger partial charge in [-0.2, -0.15) is 0 Å². The van der Waals surface area contributed by atoms with E-state index in [1.165, 1.54) is 0 Å². The number of aromatic nitrogens is 2. The monoisotopic (exact) mass is 334 g/mol. The Kier molecular flexibility index (Phi) is 5.05. The van der Waals surface area contributed by atoms with E-state index in [9.17, 15) is 4.79 Å². The first-order valence-electron chi connectivity index (χ1n) is 7.05. The van der Waals surface area contributed by atoms with Gasteiger partial charge in [0.15, 0.2) is 11.5 Å². The van der Waals surface area contributed by atoms with Gasteiger partial charge in [-0.1, -0.05) is 11.6 Å². The van der Waals surface area contributed by atoms with Gasteiger partial charge in [0.05, 0.1) is 12.1 Å². The van der Waals surface area contributed by atoms with Crippen LogP contribution in [0.15, 0.2) is 30.3 Å². The fourth-order valence-corrected chi connectivity index (χ4v) is 2.07. The summed E-state index contributed by atoms with van der Waals surface area (Å²) in [5.41, 5.74) is 0.686. The quantitative estimate of drug-likeness (QED) is 0.896. The zero-order chi connectivity index (χ0) is 17.0. The molecule has 0 radical (unpaired) electrons. The Morgan fingerprint density at radius 2 is 1.91 bits per heavy atom. The van der Waals surface area contributed by atoms with Crippen molar-refractivity contribution in [1.82, 2.24) is 15.5 Å². The number of halogens is 1. The molecular weight excluding hydrogens is 316 g/mol. The largest absolute Gasteiger partial charge is 0.495 e. The van der Waals surface area contributed by atoms with E-state index >= 15 is 0 Å². The molecule has 1 amide bonds. The first-order chi connectivity index (χ1) is 10.8. The number of nitrogens with zero attached hydrogens (tertiary/aromatic N) is 2. The van der Waals surface area contributed by atoms with Crippen LogP contribution in [0, 0.1) is 0 Å². The molecule has 1 heterocycles. The second-order valence-corrected chi connectivity index (χ2v) is 6.39. The maximum atomic E-state index is 12.0. The third kappa shape index (κ3) is 4.82. The number of hydrogen-bond donors (Lipinski definition) is 2. The number of benzene rings is 1. The number of hydrogen-bond acceptors (Lipinski definition) is 5. The SMILES string of the molecule is COc1ccc(Nc2ccc(C(=O)NC(C)(C)C)nn2)cc1Cl. The molecule has 0 bridgehead atoms. The lowest BCUT2D eigenvalue weighted by molar-refractivity contribution is 0.0913. The van der Waals surface area contributed by atoms with Crippen LogP contribution < -0.4 is 15.4 Å². The fourth-order valence-electron chi connectivity index (χ4n) is 1.82. The molecule has 1 aromatic carbocycles. The smallest absolute Gasteiger partial charge is 0.272 e. The molecule has 1 aromatic heterocycles. The van der Waals surface area contributed by atoms with Gasteiger partial charge in [-0.05, 0) is 51.1 Å². The predicted octanol–water partition coefficient (Wildman–Crippen LogP) is 3.41. The number of rotatable bonds is 4. The van der Waals surface area contributed by atoms with E-state index < -0.39 is 0 Å². The molecule has 0 atom stereocenters. The maximum absolute atomic E-state index is 12.0. The van der Waals surface area contributed by atoms with Crippen LogP contribution in [0.5, 0.6) is 5.75 Å². The van der Waals surface area contributed by atoms with Crippen LogP contribution in [-0.4, -0.2) is 28.8 Å². The van der Waals surface area contributed by atoms with Crippen LogP contribution in [0.3, 0.4) is 0 Å². The van der Waals surface area contributed by atoms with Crippen molar-refractivity contribution >= 4 is 29.0 Å². The number of carbonyl (C=O) groups is 1. The van der Waals surface area contributed by atoms with Crippen LogP contribution in [0.25, 0.3) is 0 Å². The lowest BCUT2D eigenvalue weighted by Crippen LogP contribution is -2.41. The summed E-state index contributed by atoms with van der Waals surface area (Å²) in [7, 11) is 1.56. The number of anilines is 2. The summed E-state index contributed by atoms with van der Waals surface area (Å²) in [6.07, 6.45) is 0. The van der Waals surface area contributed by atoms with E-state index in [2.05, 4.69) is 20.8 Å². The summed E-state index contributed by atoms with van der Waals surface area (Å²) < 4.78 is 5.10. The summed E-state index contributed by atoms with van der Waals surface area (Å²) in [4.78, 5) is 12.0. The average molecular weight is 335 g/mol. The van der Waals surface area contributed by atoms with Gasteiger partial charge < -0.3 is 15.4 Å². The Bertz CT molecular complexity index is 696. The number of ether oxygens (including phenoxy) is 1. The lowest BCUT2D eigenvalue weighted by Gasteiger charge is -2.19. The molecule has 0 aliphatic heterocycles. The summed E-state index contributed by atoms with van der Waals surface area (Å²) in [6, 6.07) is 8.59. The van der Waals surface area contributed by atoms with Crippen molar-refractivity contribution in [3.05, 3.63) is 41.0 Å². The van der Waals surface area contributed by atoms with Crippen LogP contribution in [0.4, 0.5) is 11.5 Å². The molecule has 2 aromatic rings. The van der Waals surface area contributed by atoms with Gasteiger partial charge in [-0.3, -0.25) is 4.79 Å². The molecule has 0 saturated heterocycles. The summed E-state index contributed by atoms with van der Waals surface area (Å²) in [6.45, 7) is 5.71. The van der Waals surface area contributed by atoms with E-state index in [-0.39, 0.29) is 17.1 Å². The van der Waals surface area contributed by atoms with Crippen molar-refractivity contribution in [2.24, 2.45) is 0 Å². The van der Waals surface area contributed by atoms with Gasteiger partial charge in [-0.15, -0.1) is 10.2 Å². The topological polar surface area (TPSA) is 76.1 Å². The minimum atomic E-state index is -0.324. The lowest BCUT2D eigenvalue weighted by atomic mass is 10.1. The molecule has 122 valence electrons. The highest BCUT2D eigenvalue weighted by molar-refractivity contribution is 6.32. The van der Waals surface area contributed by atoms with Crippen LogP contribution in [0.2, 0.25) is 5.02 Å². The van der Waals surface area contributed by atoms with Gasteiger partial charge in [0.2, 0.25) is 0 Å². The van der Waals surface area contributed by atoms with E-state index in [1.54, 1.807) is 31.4 Å². The molecule has 0 saturated carbocycles.